The van der Waals surface area contributed by atoms with Gasteiger partial charge in [-0.05, 0) is 39.8 Å². The van der Waals surface area contributed by atoms with Crippen molar-refractivity contribution in [2.75, 3.05) is 25.6 Å². The monoisotopic (exact) mass is 589 g/mol. The van der Waals surface area contributed by atoms with E-state index in [0.29, 0.717) is 6.61 Å². The summed E-state index contributed by atoms with van der Waals surface area (Å²) in [6.45, 7) is 6.32. The van der Waals surface area contributed by atoms with Crippen LogP contribution in [-0.2, 0) is 23.4 Å². The maximum Gasteiger partial charge on any atom is 0.459 e. The highest BCUT2D eigenvalue weighted by molar-refractivity contribution is 7.52. The second-order valence-corrected chi connectivity index (χ2v) is 11.0. The van der Waals surface area contributed by atoms with Gasteiger partial charge in [-0.15, -0.1) is 0 Å². The van der Waals surface area contributed by atoms with Gasteiger partial charge in [0, 0.05) is 0 Å². The van der Waals surface area contributed by atoms with E-state index in [9.17, 15) is 19.7 Å². The number of fused-ring (bicyclic) bond motifs is 1. The lowest BCUT2D eigenvalue weighted by Crippen LogP contribution is -2.39. The number of anilines is 1. The number of rotatable bonds is 12. The Morgan fingerprint density at radius 1 is 1.32 bits per heavy atom. The number of imidazole rings is 1. The van der Waals surface area contributed by atoms with E-state index in [2.05, 4.69) is 26.1 Å². The van der Waals surface area contributed by atoms with E-state index < -0.39 is 50.2 Å². The zero-order valence-electron chi connectivity index (χ0n) is 23.0. The van der Waals surface area contributed by atoms with Crippen molar-refractivity contribution < 1.29 is 37.7 Å². The summed E-state index contributed by atoms with van der Waals surface area (Å²) in [7, 11) is -4.24. The Kier molecular flexibility index (Phi) is 9.11. The number of nitriles is 1. The molecule has 2 aromatic heterocycles. The molecular weight excluding hydrogens is 557 g/mol. The van der Waals surface area contributed by atoms with Crippen molar-refractivity contribution in [1.82, 2.24) is 24.6 Å². The number of aromatic nitrogens is 4. The quantitative estimate of drug-likeness (QED) is 0.205. The van der Waals surface area contributed by atoms with Crippen LogP contribution in [0.1, 0.15) is 33.9 Å². The van der Waals surface area contributed by atoms with Gasteiger partial charge in [0.05, 0.1) is 32.2 Å². The molecule has 4 N–H and O–H groups in total. The number of aliphatic hydroxyl groups excluding tert-OH is 1. The maximum absolute atomic E-state index is 13.8. The van der Waals surface area contributed by atoms with Crippen LogP contribution in [0.25, 0.3) is 11.2 Å². The lowest BCUT2D eigenvalue weighted by Gasteiger charge is -2.26. The van der Waals surface area contributed by atoms with Crippen LogP contribution in [0.4, 0.5) is 5.95 Å². The summed E-state index contributed by atoms with van der Waals surface area (Å²) >= 11 is 0. The van der Waals surface area contributed by atoms with Crippen molar-refractivity contribution in [3.05, 3.63) is 36.7 Å². The molecule has 1 fully saturated rings. The number of nitrogens with two attached hydrogens (primary N) is 1. The Balaban J connectivity index is 1.60. The van der Waals surface area contributed by atoms with Gasteiger partial charge in [-0.3, -0.25) is 13.9 Å². The molecule has 1 aliphatic rings. The van der Waals surface area contributed by atoms with Crippen LogP contribution in [0.3, 0.4) is 0 Å². The minimum Gasteiger partial charge on any atom is -0.476 e. The SMILES string of the molecule is CCOC(=O)C(C)NP(=O)(OCC1OC(n2cnc3c(OCC)nc(N)nc32)C(C)(C#N)C1O)Oc1ccccc1. The number of ether oxygens (including phenoxy) is 3. The van der Waals surface area contributed by atoms with Crippen molar-refractivity contribution in [3.8, 4) is 17.7 Å². The second-order valence-electron chi connectivity index (χ2n) is 9.31. The summed E-state index contributed by atoms with van der Waals surface area (Å²) in [5, 5.41) is 23.9. The molecule has 6 unspecified atom stereocenters. The number of hydrogen-bond acceptors (Lipinski definition) is 13. The topological polar surface area (TPSA) is 206 Å². The minimum atomic E-state index is -4.24. The van der Waals surface area contributed by atoms with Crippen LogP contribution in [0.2, 0.25) is 0 Å². The van der Waals surface area contributed by atoms with E-state index in [4.69, 9.17) is 29.0 Å². The number of aliphatic hydroxyl groups is 1. The van der Waals surface area contributed by atoms with E-state index in [1.165, 1.54) is 24.7 Å². The molecule has 0 spiro atoms. The van der Waals surface area contributed by atoms with Gasteiger partial charge in [0.25, 0.3) is 0 Å². The number of carbonyl (C=O) groups excluding carboxylic acids is 1. The van der Waals surface area contributed by atoms with Crippen molar-refractivity contribution in [2.24, 2.45) is 5.41 Å². The first-order valence-corrected chi connectivity index (χ1v) is 14.4. The number of esters is 1. The Morgan fingerprint density at radius 2 is 2.05 bits per heavy atom. The van der Waals surface area contributed by atoms with Gasteiger partial charge >= 0.3 is 13.7 Å². The van der Waals surface area contributed by atoms with Crippen LogP contribution in [0, 0.1) is 16.7 Å². The molecule has 1 aromatic carbocycles. The summed E-state index contributed by atoms with van der Waals surface area (Å²) in [5.41, 5.74) is 4.86. The van der Waals surface area contributed by atoms with Gasteiger partial charge in [-0.1, -0.05) is 18.2 Å². The molecule has 0 amide bonds. The summed E-state index contributed by atoms with van der Waals surface area (Å²) in [4.78, 5) is 24.8. The van der Waals surface area contributed by atoms with E-state index >= 15 is 0 Å². The molecule has 15 nitrogen and oxygen atoms in total. The molecule has 3 heterocycles. The van der Waals surface area contributed by atoms with Crippen molar-refractivity contribution in [3.63, 3.8) is 0 Å². The third kappa shape index (κ3) is 6.27. The Labute approximate surface area is 236 Å². The average Bonchev–Trinajstić information content (AvgIpc) is 3.46. The van der Waals surface area contributed by atoms with Crippen molar-refractivity contribution >= 4 is 30.8 Å². The molecule has 0 aliphatic carbocycles. The normalized spacial score (nSPS) is 24.3. The van der Waals surface area contributed by atoms with Crippen LogP contribution in [0.15, 0.2) is 36.7 Å². The molecule has 6 atom stereocenters. The van der Waals surface area contributed by atoms with Crippen LogP contribution in [-0.4, -0.2) is 68.7 Å². The Bertz CT molecular complexity index is 1470. The van der Waals surface area contributed by atoms with E-state index in [-0.39, 0.29) is 35.3 Å². The molecule has 41 heavy (non-hydrogen) atoms. The third-order valence-corrected chi connectivity index (χ3v) is 7.98. The zero-order valence-corrected chi connectivity index (χ0v) is 23.9. The average molecular weight is 590 g/mol. The van der Waals surface area contributed by atoms with Gasteiger partial charge in [-0.2, -0.15) is 20.3 Å². The molecule has 0 radical (unpaired) electrons. The first-order chi connectivity index (χ1) is 19.5. The molecule has 4 rings (SSSR count). The smallest absolute Gasteiger partial charge is 0.459 e. The largest absolute Gasteiger partial charge is 0.476 e. The molecule has 3 aromatic rings. The predicted octanol–water partition coefficient (Wildman–Crippen LogP) is 2.34. The zero-order chi connectivity index (χ0) is 29.8. The van der Waals surface area contributed by atoms with Gasteiger partial charge in [0.2, 0.25) is 11.8 Å². The molecular formula is C25H32N7O8P. The molecule has 220 valence electrons. The highest BCUT2D eigenvalue weighted by Crippen LogP contribution is 2.49. The van der Waals surface area contributed by atoms with Crippen molar-refractivity contribution in [2.45, 2.75) is 52.2 Å². The number of carbonyl (C=O) groups is 1. The standard InChI is InChI=1S/C25H32N7O8P/c1-5-36-21-18-20(29-24(27)30-21)32(14-28-18)23-25(4,13-26)19(33)17(39-23)12-38-41(35,31-15(3)22(34)37-6-2)40-16-10-8-7-9-11-16/h7-11,14-15,17,19,23,33H,5-6,12H2,1-4H3,(H,31,35)(H2,27,29,30). The van der Waals surface area contributed by atoms with Gasteiger partial charge in [0.15, 0.2) is 17.4 Å². The number of benzene rings is 1. The third-order valence-electron chi connectivity index (χ3n) is 6.33. The number of para-hydroxylation sites is 1. The molecule has 0 bridgehead atoms. The van der Waals surface area contributed by atoms with Gasteiger partial charge in [-0.25, -0.2) is 9.55 Å². The first kappa shape index (κ1) is 30.2. The van der Waals surface area contributed by atoms with Crippen LogP contribution < -0.4 is 20.1 Å². The Morgan fingerprint density at radius 3 is 2.71 bits per heavy atom. The molecule has 0 saturated carbocycles. The predicted molar refractivity (Wildman–Crippen MR) is 144 cm³/mol. The second kappa shape index (κ2) is 12.4. The highest BCUT2D eigenvalue weighted by atomic mass is 31.2. The number of nitrogen functional groups attached to an aromatic ring is 1. The summed E-state index contributed by atoms with van der Waals surface area (Å²) < 4.78 is 43.2. The first-order valence-electron chi connectivity index (χ1n) is 12.9. The summed E-state index contributed by atoms with van der Waals surface area (Å²) in [5.74, 6) is -0.381. The van der Waals surface area contributed by atoms with Crippen LogP contribution >= 0.6 is 7.75 Å². The fraction of sp³-hybridized carbons (Fsp3) is 0.480. The van der Waals surface area contributed by atoms with E-state index in [1.807, 2.05) is 0 Å². The number of hydrogen-bond donors (Lipinski definition) is 3. The highest BCUT2D eigenvalue weighted by Gasteiger charge is 2.55. The van der Waals surface area contributed by atoms with E-state index in [1.54, 1.807) is 44.2 Å². The lowest BCUT2D eigenvalue weighted by atomic mass is 9.84. The molecule has 1 aliphatic heterocycles. The van der Waals surface area contributed by atoms with Crippen molar-refractivity contribution in [1.29, 1.82) is 5.26 Å². The number of nitrogens with zero attached hydrogens (tertiary/aromatic N) is 5. The summed E-state index contributed by atoms with van der Waals surface area (Å²) in [6.07, 6.45) is -2.29. The number of nitrogens with one attached hydrogen (secondary N) is 1. The fourth-order valence-corrected chi connectivity index (χ4v) is 5.78. The van der Waals surface area contributed by atoms with Gasteiger partial charge < -0.3 is 29.6 Å². The summed E-state index contributed by atoms with van der Waals surface area (Å²) in [6, 6.07) is 9.26. The Hall–Kier alpha value is -3.80. The van der Waals surface area contributed by atoms with E-state index in [0.717, 1.165) is 0 Å². The fourth-order valence-electron chi connectivity index (χ4n) is 4.27. The van der Waals surface area contributed by atoms with Gasteiger partial charge in [0.1, 0.15) is 29.4 Å². The lowest BCUT2D eigenvalue weighted by molar-refractivity contribution is -0.144. The minimum absolute atomic E-state index is 0.0828. The maximum atomic E-state index is 13.8. The van der Waals surface area contributed by atoms with Crippen LogP contribution in [0.5, 0.6) is 11.6 Å². The molecule has 1 saturated heterocycles. The molecule has 16 heteroatoms.